The predicted molar refractivity (Wildman–Crippen MR) is 128 cm³/mol. The minimum Gasteiger partial charge on any atom is -0.489 e. The van der Waals surface area contributed by atoms with E-state index in [2.05, 4.69) is 31.1 Å². The van der Waals surface area contributed by atoms with Gasteiger partial charge in [-0.3, -0.25) is 14.9 Å². The number of esters is 1. The van der Waals surface area contributed by atoms with E-state index in [9.17, 15) is 14.8 Å². The van der Waals surface area contributed by atoms with E-state index in [1.54, 1.807) is 13.1 Å². The summed E-state index contributed by atoms with van der Waals surface area (Å²) in [5.41, 5.74) is 1.59. The van der Waals surface area contributed by atoms with Crippen molar-refractivity contribution in [1.29, 1.82) is 0 Å². The van der Waals surface area contributed by atoms with Crippen LogP contribution in [0.2, 0.25) is 0 Å². The van der Waals surface area contributed by atoms with Crippen molar-refractivity contribution in [3.63, 3.8) is 0 Å². The fourth-order valence-electron chi connectivity index (χ4n) is 4.01. The van der Waals surface area contributed by atoms with E-state index in [0.29, 0.717) is 41.5 Å². The molecule has 1 aliphatic rings. The van der Waals surface area contributed by atoms with Crippen LogP contribution in [0, 0.1) is 12.8 Å². The third-order valence-electron chi connectivity index (χ3n) is 5.91. The molecule has 2 heterocycles. The molecule has 1 aliphatic carbocycles. The summed E-state index contributed by atoms with van der Waals surface area (Å²) in [7, 11) is 3.07. The molecule has 3 N–H and O–H groups in total. The second-order valence-electron chi connectivity index (χ2n) is 8.54. The van der Waals surface area contributed by atoms with Gasteiger partial charge < -0.3 is 20.0 Å². The lowest BCUT2D eigenvalue weighted by Gasteiger charge is -2.28. The third-order valence-corrected chi connectivity index (χ3v) is 5.91. The number of aromatic nitrogens is 4. The smallest absolute Gasteiger partial charge is 0.308 e. The Morgan fingerprint density at radius 2 is 2.11 bits per heavy atom. The van der Waals surface area contributed by atoms with Gasteiger partial charge in [-0.2, -0.15) is 0 Å². The summed E-state index contributed by atoms with van der Waals surface area (Å²) in [5.74, 6) is 0.275. The van der Waals surface area contributed by atoms with Gasteiger partial charge in [-0.1, -0.05) is 23.7 Å². The van der Waals surface area contributed by atoms with Gasteiger partial charge in [0.25, 0.3) is 0 Å². The van der Waals surface area contributed by atoms with Gasteiger partial charge in [0.2, 0.25) is 11.9 Å². The Morgan fingerprint density at radius 3 is 2.80 bits per heavy atom. The first-order valence-corrected chi connectivity index (χ1v) is 11.8. The molecule has 0 unspecified atom stereocenters. The summed E-state index contributed by atoms with van der Waals surface area (Å²) in [6, 6.07) is 3.57. The van der Waals surface area contributed by atoms with Crippen molar-refractivity contribution in [2.45, 2.75) is 64.9 Å². The number of unbranched alkanes of at least 4 members (excludes halogenated alkanes) is 1. The minimum atomic E-state index is -0.267. The van der Waals surface area contributed by atoms with Crippen LogP contribution in [0.5, 0.6) is 5.75 Å². The summed E-state index contributed by atoms with van der Waals surface area (Å²) in [4.78, 5) is 28.6. The molecule has 0 spiro atoms. The number of carbonyl (C=O) groups is 2. The third kappa shape index (κ3) is 6.67. The average molecular weight is 488 g/mol. The quantitative estimate of drug-likeness (QED) is 0.168. The molecule has 190 valence electrons. The van der Waals surface area contributed by atoms with Gasteiger partial charge in [-0.15, -0.1) is 5.10 Å². The van der Waals surface area contributed by atoms with Gasteiger partial charge in [0.05, 0.1) is 30.5 Å². The molecule has 0 bridgehead atoms. The lowest BCUT2D eigenvalue weighted by molar-refractivity contribution is -0.147. The number of amides is 1. The molecule has 3 rings (SSSR count). The highest BCUT2D eigenvalue weighted by molar-refractivity contribution is 6.04. The maximum atomic E-state index is 12.0. The normalized spacial score (nSPS) is 18.1. The van der Waals surface area contributed by atoms with Crippen molar-refractivity contribution in [3.05, 3.63) is 17.8 Å². The predicted octanol–water partition coefficient (Wildman–Crippen LogP) is 2.76. The SMILES string of the molecule is CCCCC(=O)N/C(=N\O)Nc1c(-c2ccc(O[C@H]3CCC[C@H](C(=O)OC)C3)c(C)n2)nnn1C. The first-order valence-electron chi connectivity index (χ1n) is 11.8. The Bertz CT molecular complexity index is 1070. The van der Waals surface area contributed by atoms with Crippen molar-refractivity contribution < 1.29 is 24.3 Å². The molecule has 35 heavy (non-hydrogen) atoms. The Kier molecular flexibility index (Phi) is 8.98. The van der Waals surface area contributed by atoms with Crippen molar-refractivity contribution in [2.75, 3.05) is 12.4 Å². The van der Waals surface area contributed by atoms with E-state index >= 15 is 0 Å². The standard InChI is InChI=1S/C23H33N7O5/c1-5-6-10-19(31)25-23(28-33)26-21-20(27-29-30(21)3)17-11-12-18(14(2)24-17)35-16-9-7-8-15(13-16)22(32)34-4/h11-12,15-16,33H,5-10,13H2,1-4H3,(H2,25,26,28,31)/t15-,16-/m0/s1. The number of rotatable bonds is 8. The van der Waals surface area contributed by atoms with E-state index in [-0.39, 0.29) is 29.9 Å². The summed E-state index contributed by atoms with van der Waals surface area (Å²) < 4.78 is 12.5. The van der Waals surface area contributed by atoms with E-state index in [4.69, 9.17) is 9.47 Å². The molecule has 2 atom stereocenters. The zero-order chi connectivity index (χ0) is 25.4. The van der Waals surface area contributed by atoms with Gasteiger partial charge in [0, 0.05) is 13.5 Å². The lowest BCUT2D eigenvalue weighted by Crippen LogP contribution is -2.36. The summed E-state index contributed by atoms with van der Waals surface area (Å²) >= 11 is 0. The van der Waals surface area contributed by atoms with Crippen LogP contribution in [-0.4, -0.2) is 56.2 Å². The van der Waals surface area contributed by atoms with Gasteiger partial charge in [-0.05, 0) is 51.2 Å². The Hall–Kier alpha value is -3.70. The fraction of sp³-hybridized carbons (Fsp3) is 0.565. The minimum absolute atomic E-state index is 0.0902. The van der Waals surface area contributed by atoms with Crippen LogP contribution in [0.15, 0.2) is 17.3 Å². The number of aryl methyl sites for hydroxylation is 2. The molecule has 2 aromatic heterocycles. The van der Waals surface area contributed by atoms with E-state index in [1.165, 1.54) is 11.8 Å². The zero-order valence-electron chi connectivity index (χ0n) is 20.6. The van der Waals surface area contributed by atoms with Crippen molar-refractivity contribution in [2.24, 2.45) is 18.1 Å². The monoisotopic (exact) mass is 487 g/mol. The zero-order valence-corrected chi connectivity index (χ0v) is 20.6. The second kappa shape index (κ2) is 12.1. The van der Waals surface area contributed by atoms with Crippen LogP contribution in [0.4, 0.5) is 5.82 Å². The second-order valence-corrected chi connectivity index (χ2v) is 8.54. The van der Waals surface area contributed by atoms with Crippen LogP contribution in [0.1, 0.15) is 57.6 Å². The molecule has 0 aromatic carbocycles. The fourth-order valence-corrected chi connectivity index (χ4v) is 4.01. The molecule has 1 saturated carbocycles. The number of pyridine rings is 1. The van der Waals surface area contributed by atoms with Crippen LogP contribution in [-0.2, 0) is 21.4 Å². The maximum Gasteiger partial charge on any atom is 0.308 e. The largest absolute Gasteiger partial charge is 0.489 e. The number of nitrogens with one attached hydrogen (secondary N) is 2. The van der Waals surface area contributed by atoms with Crippen molar-refractivity contribution >= 4 is 23.7 Å². The molecule has 1 amide bonds. The number of methoxy groups -OCH3 is 1. The summed E-state index contributed by atoms with van der Waals surface area (Å²) in [5, 5.41) is 26.1. The molecule has 0 aliphatic heterocycles. The highest BCUT2D eigenvalue weighted by Crippen LogP contribution is 2.31. The lowest BCUT2D eigenvalue weighted by atomic mass is 9.87. The number of ether oxygens (including phenoxy) is 2. The number of carbonyl (C=O) groups excluding carboxylic acids is 2. The van der Waals surface area contributed by atoms with Gasteiger partial charge >= 0.3 is 5.97 Å². The summed E-state index contributed by atoms with van der Waals surface area (Å²) in [6.45, 7) is 3.82. The molecule has 2 aromatic rings. The highest BCUT2D eigenvalue weighted by Gasteiger charge is 2.29. The van der Waals surface area contributed by atoms with Crippen molar-refractivity contribution in [1.82, 2.24) is 25.3 Å². The maximum absolute atomic E-state index is 12.0. The molecular weight excluding hydrogens is 454 g/mol. The molecule has 0 saturated heterocycles. The number of hydrogen-bond donors (Lipinski definition) is 3. The average Bonchev–Trinajstić information content (AvgIpc) is 3.22. The van der Waals surface area contributed by atoms with Gasteiger partial charge in [0.1, 0.15) is 5.75 Å². The summed E-state index contributed by atoms with van der Waals surface area (Å²) in [6.07, 6.45) is 5.00. The number of anilines is 1. The van der Waals surface area contributed by atoms with E-state index < -0.39 is 0 Å². The highest BCUT2D eigenvalue weighted by atomic mass is 16.5. The Balaban J connectivity index is 1.73. The molecular formula is C23H33N7O5. The number of guanidine groups is 1. The van der Waals surface area contributed by atoms with Crippen LogP contribution in [0.3, 0.4) is 0 Å². The number of oxime groups is 1. The van der Waals surface area contributed by atoms with E-state index in [1.807, 2.05) is 19.9 Å². The Morgan fingerprint density at radius 1 is 1.31 bits per heavy atom. The number of nitrogens with zero attached hydrogens (tertiary/aromatic N) is 5. The van der Waals surface area contributed by atoms with Crippen LogP contribution in [0.25, 0.3) is 11.4 Å². The first-order chi connectivity index (χ1) is 16.9. The number of hydrogen-bond acceptors (Lipinski definition) is 9. The van der Waals surface area contributed by atoms with Crippen LogP contribution >= 0.6 is 0 Å². The van der Waals surface area contributed by atoms with E-state index in [0.717, 1.165) is 32.1 Å². The first kappa shape index (κ1) is 25.9. The molecule has 12 nitrogen and oxygen atoms in total. The Labute approximate surface area is 204 Å². The van der Waals surface area contributed by atoms with Gasteiger partial charge in [-0.25, -0.2) is 9.67 Å². The van der Waals surface area contributed by atoms with Gasteiger partial charge in [0.15, 0.2) is 11.5 Å². The molecule has 12 heteroatoms. The topological polar surface area (TPSA) is 153 Å². The molecule has 0 radical (unpaired) electrons. The van der Waals surface area contributed by atoms with Crippen molar-refractivity contribution in [3.8, 4) is 17.1 Å². The van der Waals surface area contributed by atoms with Crippen LogP contribution < -0.4 is 15.4 Å². The molecule has 1 fully saturated rings.